The molecule has 0 N–H and O–H groups in total. The molecule has 0 spiro atoms. The highest BCUT2D eigenvalue weighted by Gasteiger charge is 2.50. The SMILES string of the molecule is [2H]c1c([2H])c([2H])c(-c2ccc3c(c2)B2c4ccc(-c5cccc6c5C(c5ccccc5)(c5ccc7ccccc7c5)c5ccccc5-6)cc4N(c4c(-c5ccccc5)cc(C(C)(C)C)cc4-c4ccccc4)c4cc(-c5cc(C(C)(C)C)cc(C(C)(C)C)c5)cc(c42)N3c2c(-c3ccccc3)cc(C(C)(C)C)cc2-c2ccccc2)c([2H])c1[2H]. The molecule has 19 rings (SSSR count). The molecule has 3 aliphatic rings. The number of benzene rings is 16. The van der Waals surface area contributed by atoms with Crippen LogP contribution in [-0.2, 0) is 27.1 Å². The first-order valence-electron chi connectivity index (χ1n) is 42.8. The lowest BCUT2D eigenvalue weighted by atomic mass is 9.33. The third kappa shape index (κ3) is 12.1. The van der Waals surface area contributed by atoms with Gasteiger partial charge in [-0.15, -0.1) is 0 Å². The van der Waals surface area contributed by atoms with Crippen LogP contribution in [0.25, 0.3) is 99.8 Å². The lowest BCUT2D eigenvalue weighted by Crippen LogP contribution is -2.61. The normalized spacial score (nSPS) is 14.9. The molecule has 0 fully saturated rings. The fourth-order valence-electron chi connectivity index (χ4n) is 18.5. The number of fused-ring (bicyclic) bond motifs is 8. The number of rotatable bonds is 11. The minimum Gasteiger partial charge on any atom is -0.310 e. The predicted molar refractivity (Wildman–Crippen MR) is 488 cm³/mol. The lowest BCUT2D eigenvalue weighted by molar-refractivity contribution is 0.569. The number of hydrogen-bond donors (Lipinski definition) is 0. The van der Waals surface area contributed by atoms with E-state index in [0.717, 1.165) is 117 Å². The van der Waals surface area contributed by atoms with Crippen molar-refractivity contribution in [2.75, 3.05) is 9.80 Å². The van der Waals surface area contributed by atoms with Crippen molar-refractivity contribution in [2.45, 2.75) is 110 Å². The van der Waals surface area contributed by atoms with Crippen molar-refractivity contribution in [3.8, 4) is 89.0 Å². The molecule has 0 bridgehead atoms. The van der Waals surface area contributed by atoms with E-state index in [1.807, 2.05) is 6.07 Å². The van der Waals surface area contributed by atoms with Crippen LogP contribution >= 0.6 is 0 Å². The molecule has 0 saturated heterocycles. The van der Waals surface area contributed by atoms with E-state index in [1.165, 1.54) is 66.4 Å². The minimum absolute atomic E-state index is 0.142. The van der Waals surface area contributed by atoms with Crippen molar-refractivity contribution in [1.82, 2.24) is 0 Å². The molecule has 16 aromatic carbocycles. The highest BCUT2D eigenvalue weighted by molar-refractivity contribution is 7.00. The van der Waals surface area contributed by atoms with Gasteiger partial charge >= 0.3 is 0 Å². The van der Waals surface area contributed by atoms with Crippen molar-refractivity contribution in [3.63, 3.8) is 0 Å². The van der Waals surface area contributed by atoms with Gasteiger partial charge in [0.25, 0.3) is 6.71 Å². The van der Waals surface area contributed by atoms with E-state index in [-0.39, 0.29) is 51.4 Å². The van der Waals surface area contributed by atoms with E-state index in [4.69, 9.17) is 1.37 Å². The number of anilines is 6. The van der Waals surface area contributed by atoms with Crippen molar-refractivity contribution in [1.29, 1.82) is 0 Å². The van der Waals surface area contributed by atoms with Gasteiger partial charge in [0.2, 0.25) is 0 Å². The number of hydrogen-bond acceptors (Lipinski definition) is 2. The summed E-state index contributed by atoms with van der Waals surface area (Å²) in [5.41, 5.74) is 32.3. The van der Waals surface area contributed by atoms with Crippen LogP contribution in [0.2, 0.25) is 0 Å². The topological polar surface area (TPSA) is 6.48 Å². The zero-order chi connectivity index (χ0) is 82.5. The Balaban J connectivity index is 1.03. The lowest BCUT2D eigenvalue weighted by Gasteiger charge is -2.46. The van der Waals surface area contributed by atoms with Crippen LogP contribution < -0.4 is 26.2 Å². The van der Waals surface area contributed by atoms with Crippen LogP contribution in [0.4, 0.5) is 34.1 Å². The van der Waals surface area contributed by atoms with Gasteiger partial charge in [-0.05, 0) is 215 Å². The molecule has 1 atom stereocenters. The molecule has 1 aliphatic carbocycles. The van der Waals surface area contributed by atoms with Crippen LogP contribution in [0.15, 0.2) is 358 Å². The molecule has 0 radical (unpaired) electrons. The van der Waals surface area contributed by atoms with Gasteiger partial charge in [-0.2, -0.15) is 0 Å². The zero-order valence-electron chi connectivity index (χ0n) is 72.1. The molecule has 0 aromatic heterocycles. The Bertz CT molecular complexity index is 6590. The van der Waals surface area contributed by atoms with Gasteiger partial charge in [-0.25, -0.2) is 0 Å². The molecule has 114 heavy (non-hydrogen) atoms. The van der Waals surface area contributed by atoms with E-state index >= 15 is 0 Å². The summed E-state index contributed by atoms with van der Waals surface area (Å²) in [6.45, 7) is 27.3. The van der Waals surface area contributed by atoms with Crippen LogP contribution in [0.5, 0.6) is 0 Å². The Labute approximate surface area is 681 Å². The van der Waals surface area contributed by atoms with Gasteiger partial charge in [0.15, 0.2) is 0 Å². The van der Waals surface area contributed by atoms with E-state index in [9.17, 15) is 5.48 Å². The molecule has 16 aromatic rings. The maximum absolute atomic E-state index is 9.83. The van der Waals surface area contributed by atoms with E-state index in [0.29, 0.717) is 5.56 Å². The minimum atomic E-state index is -0.801. The van der Waals surface area contributed by atoms with Crippen LogP contribution in [-0.4, -0.2) is 6.71 Å². The summed E-state index contributed by atoms with van der Waals surface area (Å²) < 4.78 is 47.2. The van der Waals surface area contributed by atoms with Crippen molar-refractivity contribution in [3.05, 3.63) is 402 Å². The third-order valence-corrected chi connectivity index (χ3v) is 24.4. The molecule has 2 aliphatic heterocycles. The van der Waals surface area contributed by atoms with Gasteiger partial charge in [-0.1, -0.05) is 386 Å². The first-order valence-corrected chi connectivity index (χ1v) is 40.3. The summed E-state index contributed by atoms with van der Waals surface area (Å²) in [7, 11) is 0. The quantitative estimate of drug-likeness (QED) is 0.119. The summed E-state index contributed by atoms with van der Waals surface area (Å²) >= 11 is 0. The Hall–Kier alpha value is -12.6. The van der Waals surface area contributed by atoms with Crippen molar-refractivity contribution in [2.24, 2.45) is 0 Å². The van der Waals surface area contributed by atoms with Gasteiger partial charge in [-0.3, -0.25) is 0 Å². The summed E-state index contributed by atoms with van der Waals surface area (Å²) in [6, 6.07) is 121. The average molecular weight is 1470 g/mol. The standard InChI is InChI=1S/C111H95BN2/c1-107(2,3)85-61-81(62-86(67-85)108(4,5)6)82-65-101-104-102(66-82)114(106-94(76-43-25-16-26-44-76)70-88(110(10,11)12)71-95(106)77-45-27-17-28-46-77)100-64-80(89-51-35-52-91-90-50-33-34-53-96(90)111(103(89)91,83-48-29-18-30-49-83)84-57-54-73-38-31-32-47-78(73)60-84)55-58-97(100)112(104)98-63-79(72-36-19-13-20-37-72)56-59-99(98)113(101)105-92(74-39-21-14-22-40-74)68-87(109(7,8)9)69-93(105)75-41-23-15-24-42-75/h13-71H,1-12H3/i13D,19D,20D,36D,37D. The van der Waals surface area contributed by atoms with E-state index in [2.05, 4.69) is 414 Å². The highest BCUT2D eigenvalue weighted by atomic mass is 15.2. The van der Waals surface area contributed by atoms with Gasteiger partial charge in [0.05, 0.1) is 23.6 Å². The first kappa shape index (κ1) is 66.1. The van der Waals surface area contributed by atoms with Crippen LogP contribution in [0.1, 0.15) is 134 Å². The smallest absolute Gasteiger partial charge is 0.252 e. The second kappa shape index (κ2) is 27.4. The molecule has 2 nitrogen and oxygen atoms in total. The Morgan fingerprint density at radius 2 is 0.693 bits per heavy atom. The largest absolute Gasteiger partial charge is 0.310 e. The van der Waals surface area contributed by atoms with Gasteiger partial charge < -0.3 is 9.80 Å². The van der Waals surface area contributed by atoms with E-state index < -0.39 is 18.2 Å². The zero-order valence-corrected chi connectivity index (χ0v) is 67.1. The molecular weight excluding hydrogens is 1370 g/mol. The predicted octanol–water partition coefficient (Wildman–Crippen LogP) is 28.1. The Morgan fingerprint density at radius 3 is 1.22 bits per heavy atom. The molecule has 3 heteroatoms. The van der Waals surface area contributed by atoms with Crippen LogP contribution in [0, 0.1) is 0 Å². The summed E-state index contributed by atoms with van der Waals surface area (Å²) in [6.07, 6.45) is 0. The summed E-state index contributed by atoms with van der Waals surface area (Å²) in [5, 5.41) is 2.35. The Morgan fingerprint density at radius 1 is 0.263 bits per heavy atom. The first-order chi connectivity index (χ1) is 57.1. The third-order valence-electron chi connectivity index (χ3n) is 24.4. The molecule has 1 unspecified atom stereocenters. The van der Waals surface area contributed by atoms with Crippen molar-refractivity contribution < 1.29 is 6.85 Å². The van der Waals surface area contributed by atoms with Crippen LogP contribution in [0.3, 0.4) is 0 Å². The molecule has 0 saturated carbocycles. The fraction of sp³-hybridized carbons (Fsp3) is 0.153. The summed E-state index contributed by atoms with van der Waals surface area (Å²) in [5.74, 6) is 0. The Kier molecular flexibility index (Phi) is 15.9. The molecule has 0 amide bonds. The average Bonchev–Trinajstić information content (AvgIpc) is 1.16. The molecular formula is C111H95BN2. The monoisotopic (exact) mass is 1470 g/mol. The van der Waals surface area contributed by atoms with Crippen molar-refractivity contribution >= 4 is 68.0 Å². The maximum Gasteiger partial charge on any atom is 0.252 e. The highest BCUT2D eigenvalue weighted by Crippen LogP contribution is 2.61. The fourth-order valence-corrected chi connectivity index (χ4v) is 18.5. The number of nitrogens with zero attached hydrogens (tertiary/aromatic N) is 2. The second-order valence-electron chi connectivity index (χ2n) is 35.6. The van der Waals surface area contributed by atoms with Gasteiger partial charge in [0.1, 0.15) is 0 Å². The second-order valence-corrected chi connectivity index (χ2v) is 35.6. The van der Waals surface area contributed by atoms with Gasteiger partial charge in [0, 0.05) is 45.0 Å². The maximum atomic E-state index is 9.83. The molecule has 2 heterocycles. The summed E-state index contributed by atoms with van der Waals surface area (Å²) in [4.78, 5) is 5.23. The molecule has 552 valence electrons. The van der Waals surface area contributed by atoms with E-state index in [1.54, 1.807) is 0 Å².